The molecule has 0 spiro atoms. The standard InChI is InChI=1S/C13H7N5O2/c14-8-9-5-6-17-12(7-9)15-16-13(17)10-1-3-11(4-2-10)18(19)20/h1-7H. The molecule has 0 aliphatic rings. The van der Waals surface area contributed by atoms with E-state index in [1.54, 1.807) is 34.9 Å². The molecular formula is C13H7N5O2. The van der Waals surface area contributed by atoms with Gasteiger partial charge in [-0.2, -0.15) is 5.26 Å². The lowest BCUT2D eigenvalue weighted by Gasteiger charge is -2.00. The number of hydrogen-bond donors (Lipinski definition) is 0. The van der Waals surface area contributed by atoms with Crippen molar-refractivity contribution in [2.45, 2.75) is 0 Å². The van der Waals surface area contributed by atoms with Crippen LogP contribution in [0.4, 0.5) is 5.69 Å². The summed E-state index contributed by atoms with van der Waals surface area (Å²) >= 11 is 0. The van der Waals surface area contributed by atoms with Gasteiger partial charge in [-0.15, -0.1) is 10.2 Å². The molecule has 0 amide bonds. The van der Waals surface area contributed by atoms with E-state index in [4.69, 9.17) is 5.26 Å². The Morgan fingerprint density at radius 1 is 1.20 bits per heavy atom. The molecule has 0 unspecified atom stereocenters. The van der Waals surface area contributed by atoms with Crippen molar-refractivity contribution < 1.29 is 4.92 Å². The van der Waals surface area contributed by atoms with Crippen LogP contribution in [-0.4, -0.2) is 19.5 Å². The van der Waals surface area contributed by atoms with E-state index in [1.807, 2.05) is 6.07 Å². The van der Waals surface area contributed by atoms with Crippen molar-refractivity contribution in [1.29, 1.82) is 5.26 Å². The molecule has 0 atom stereocenters. The Morgan fingerprint density at radius 2 is 1.95 bits per heavy atom. The number of nitro groups is 1. The van der Waals surface area contributed by atoms with Crippen molar-refractivity contribution in [3.05, 3.63) is 58.3 Å². The highest BCUT2D eigenvalue weighted by Crippen LogP contribution is 2.21. The molecule has 0 saturated heterocycles. The predicted molar refractivity (Wildman–Crippen MR) is 69.8 cm³/mol. The van der Waals surface area contributed by atoms with Gasteiger partial charge in [0.25, 0.3) is 5.69 Å². The molecular weight excluding hydrogens is 258 g/mol. The Kier molecular flexibility index (Phi) is 2.62. The van der Waals surface area contributed by atoms with Crippen LogP contribution in [0.25, 0.3) is 17.0 Å². The van der Waals surface area contributed by atoms with E-state index < -0.39 is 4.92 Å². The molecule has 7 nitrogen and oxygen atoms in total. The summed E-state index contributed by atoms with van der Waals surface area (Å²) in [5.41, 5.74) is 1.79. The highest BCUT2D eigenvalue weighted by atomic mass is 16.6. The number of nitro benzene ring substituents is 1. The topological polar surface area (TPSA) is 97.1 Å². The van der Waals surface area contributed by atoms with E-state index >= 15 is 0 Å². The van der Waals surface area contributed by atoms with Gasteiger partial charge < -0.3 is 0 Å². The number of hydrogen-bond acceptors (Lipinski definition) is 5. The maximum absolute atomic E-state index is 10.6. The first kappa shape index (κ1) is 11.8. The lowest BCUT2D eigenvalue weighted by atomic mass is 10.2. The highest BCUT2D eigenvalue weighted by molar-refractivity contribution is 5.61. The van der Waals surface area contributed by atoms with Gasteiger partial charge in [-0.25, -0.2) is 0 Å². The lowest BCUT2D eigenvalue weighted by molar-refractivity contribution is -0.384. The van der Waals surface area contributed by atoms with Gasteiger partial charge in [-0.1, -0.05) is 0 Å². The first-order chi connectivity index (χ1) is 9.69. The van der Waals surface area contributed by atoms with Crippen molar-refractivity contribution >= 4 is 11.3 Å². The smallest absolute Gasteiger partial charge is 0.269 e. The van der Waals surface area contributed by atoms with Gasteiger partial charge in [-0.3, -0.25) is 14.5 Å². The van der Waals surface area contributed by atoms with Crippen molar-refractivity contribution in [1.82, 2.24) is 14.6 Å². The molecule has 0 saturated carbocycles. The first-order valence-electron chi connectivity index (χ1n) is 5.69. The summed E-state index contributed by atoms with van der Waals surface area (Å²) in [6, 6.07) is 11.4. The largest absolute Gasteiger partial charge is 0.282 e. The molecule has 7 heteroatoms. The summed E-state index contributed by atoms with van der Waals surface area (Å²) in [4.78, 5) is 10.2. The maximum atomic E-state index is 10.6. The number of pyridine rings is 1. The molecule has 0 bridgehead atoms. The van der Waals surface area contributed by atoms with Crippen LogP contribution < -0.4 is 0 Å². The first-order valence-corrected chi connectivity index (χ1v) is 5.69. The van der Waals surface area contributed by atoms with E-state index in [-0.39, 0.29) is 5.69 Å². The Morgan fingerprint density at radius 3 is 2.60 bits per heavy atom. The minimum absolute atomic E-state index is 0.0225. The van der Waals surface area contributed by atoms with Gasteiger partial charge in [0.2, 0.25) is 0 Å². The zero-order valence-electron chi connectivity index (χ0n) is 10.1. The average Bonchev–Trinajstić information content (AvgIpc) is 2.90. The second-order valence-corrected chi connectivity index (χ2v) is 4.08. The molecule has 2 aromatic heterocycles. The summed E-state index contributed by atoms with van der Waals surface area (Å²) in [5, 5.41) is 27.5. The summed E-state index contributed by atoms with van der Waals surface area (Å²) in [7, 11) is 0. The van der Waals surface area contributed by atoms with Gasteiger partial charge in [0, 0.05) is 30.0 Å². The van der Waals surface area contributed by atoms with Crippen LogP contribution in [0.2, 0.25) is 0 Å². The lowest BCUT2D eigenvalue weighted by Crippen LogP contribution is -1.91. The zero-order valence-corrected chi connectivity index (χ0v) is 10.1. The molecule has 3 rings (SSSR count). The molecule has 0 radical (unpaired) electrons. The molecule has 0 fully saturated rings. The second-order valence-electron chi connectivity index (χ2n) is 4.08. The highest BCUT2D eigenvalue weighted by Gasteiger charge is 2.10. The third kappa shape index (κ3) is 1.85. The Bertz CT molecular complexity index is 845. The van der Waals surface area contributed by atoms with Gasteiger partial charge in [-0.05, 0) is 18.2 Å². The molecule has 20 heavy (non-hydrogen) atoms. The minimum atomic E-state index is -0.453. The Balaban J connectivity index is 2.10. The Hall–Kier alpha value is -3.27. The van der Waals surface area contributed by atoms with Crippen LogP contribution >= 0.6 is 0 Å². The van der Waals surface area contributed by atoms with Crippen molar-refractivity contribution in [3.8, 4) is 17.5 Å². The van der Waals surface area contributed by atoms with Crippen LogP contribution in [0, 0.1) is 21.4 Å². The number of non-ortho nitro benzene ring substituents is 1. The third-order valence-corrected chi connectivity index (χ3v) is 2.88. The number of nitriles is 1. The maximum Gasteiger partial charge on any atom is 0.269 e. The fourth-order valence-corrected chi connectivity index (χ4v) is 1.89. The van der Waals surface area contributed by atoms with Gasteiger partial charge in [0.15, 0.2) is 11.5 Å². The number of nitrogens with zero attached hydrogens (tertiary/aromatic N) is 5. The summed E-state index contributed by atoms with van der Waals surface area (Å²) in [6.45, 7) is 0. The van der Waals surface area contributed by atoms with E-state index in [0.717, 1.165) is 0 Å². The zero-order chi connectivity index (χ0) is 14.1. The molecule has 0 aliphatic heterocycles. The normalized spacial score (nSPS) is 10.3. The summed E-state index contributed by atoms with van der Waals surface area (Å²) in [6.07, 6.45) is 1.70. The SMILES string of the molecule is N#Cc1ccn2c(-c3ccc([N+](=O)[O-])cc3)nnc2c1. The van der Waals surface area contributed by atoms with E-state index in [2.05, 4.69) is 10.2 Å². The monoisotopic (exact) mass is 265 g/mol. The van der Waals surface area contributed by atoms with Crippen LogP contribution in [0.5, 0.6) is 0 Å². The fraction of sp³-hybridized carbons (Fsp3) is 0. The van der Waals surface area contributed by atoms with Crippen molar-refractivity contribution in [2.75, 3.05) is 0 Å². The van der Waals surface area contributed by atoms with E-state index in [1.165, 1.54) is 12.1 Å². The van der Waals surface area contributed by atoms with Crippen LogP contribution in [0.3, 0.4) is 0 Å². The van der Waals surface area contributed by atoms with Gasteiger partial charge >= 0.3 is 0 Å². The number of benzene rings is 1. The quantitative estimate of drug-likeness (QED) is 0.522. The molecule has 0 aliphatic carbocycles. The minimum Gasteiger partial charge on any atom is -0.282 e. The van der Waals surface area contributed by atoms with E-state index in [9.17, 15) is 10.1 Å². The Labute approximate surface area is 112 Å². The van der Waals surface area contributed by atoms with Gasteiger partial charge in [0.1, 0.15) is 0 Å². The van der Waals surface area contributed by atoms with Crippen molar-refractivity contribution in [3.63, 3.8) is 0 Å². The second kappa shape index (κ2) is 4.44. The fourth-order valence-electron chi connectivity index (χ4n) is 1.89. The number of aromatic nitrogens is 3. The van der Waals surface area contributed by atoms with Crippen molar-refractivity contribution in [2.24, 2.45) is 0 Å². The van der Waals surface area contributed by atoms with Crippen LogP contribution in [0.1, 0.15) is 5.56 Å². The molecule has 0 N–H and O–H groups in total. The van der Waals surface area contributed by atoms with E-state index in [0.29, 0.717) is 22.6 Å². The van der Waals surface area contributed by atoms with Gasteiger partial charge in [0.05, 0.1) is 16.6 Å². The summed E-state index contributed by atoms with van der Waals surface area (Å²) in [5.74, 6) is 0.569. The number of rotatable bonds is 2. The predicted octanol–water partition coefficient (Wildman–Crippen LogP) is 2.18. The van der Waals surface area contributed by atoms with Crippen LogP contribution in [0.15, 0.2) is 42.6 Å². The third-order valence-electron chi connectivity index (χ3n) is 2.88. The molecule has 96 valence electrons. The number of fused-ring (bicyclic) bond motifs is 1. The molecule has 1 aromatic carbocycles. The van der Waals surface area contributed by atoms with Crippen LogP contribution in [-0.2, 0) is 0 Å². The average molecular weight is 265 g/mol. The summed E-state index contributed by atoms with van der Waals surface area (Å²) < 4.78 is 1.72. The molecule has 3 aromatic rings. The molecule has 2 heterocycles.